The Balaban J connectivity index is 2.50. The number of nitrogens with one attached hydrogen (secondary N) is 1. The van der Waals surface area contributed by atoms with Gasteiger partial charge in [-0.05, 0) is 33.5 Å². The summed E-state index contributed by atoms with van der Waals surface area (Å²) in [7, 11) is 4.22. The van der Waals surface area contributed by atoms with Gasteiger partial charge in [-0.25, -0.2) is 0 Å². The number of hydrogen-bond acceptors (Lipinski definition) is 3. The molecule has 1 saturated heterocycles. The number of rotatable bonds is 5. The van der Waals surface area contributed by atoms with Crippen LogP contribution in [0.25, 0.3) is 0 Å². The van der Waals surface area contributed by atoms with Crippen LogP contribution in [0.2, 0.25) is 0 Å². The first kappa shape index (κ1) is 12.0. The molecule has 0 radical (unpaired) electrons. The average molecular weight is 200 g/mol. The van der Waals surface area contributed by atoms with Crippen LogP contribution in [0.1, 0.15) is 19.8 Å². The summed E-state index contributed by atoms with van der Waals surface area (Å²) in [5.74, 6) is 0. The molecular formula is C11H24N2O. The summed E-state index contributed by atoms with van der Waals surface area (Å²) >= 11 is 0. The van der Waals surface area contributed by atoms with E-state index in [1.165, 1.54) is 12.8 Å². The minimum absolute atomic E-state index is 0.345. The molecule has 1 N–H and O–H groups in total. The molecule has 1 heterocycles. The zero-order valence-corrected chi connectivity index (χ0v) is 9.81. The van der Waals surface area contributed by atoms with Crippen molar-refractivity contribution in [3.63, 3.8) is 0 Å². The van der Waals surface area contributed by atoms with Crippen molar-refractivity contribution in [2.45, 2.75) is 19.8 Å². The van der Waals surface area contributed by atoms with E-state index in [-0.39, 0.29) is 0 Å². The molecule has 0 aromatic carbocycles. The monoisotopic (exact) mass is 200 g/mol. The zero-order valence-electron chi connectivity index (χ0n) is 9.81. The lowest BCUT2D eigenvalue weighted by Gasteiger charge is -2.39. The van der Waals surface area contributed by atoms with Gasteiger partial charge in [-0.15, -0.1) is 0 Å². The lowest BCUT2D eigenvalue weighted by Crippen LogP contribution is -2.47. The van der Waals surface area contributed by atoms with Crippen LogP contribution in [-0.2, 0) is 4.74 Å². The Morgan fingerprint density at radius 1 is 1.50 bits per heavy atom. The molecule has 14 heavy (non-hydrogen) atoms. The van der Waals surface area contributed by atoms with E-state index in [0.717, 1.165) is 32.8 Å². The van der Waals surface area contributed by atoms with Gasteiger partial charge in [0.15, 0.2) is 0 Å². The first-order valence-electron chi connectivity index (χ1n) is 5.63. The Bertz CT molecular complexity index is 150. The van der Waals surface area contributed by atoms with Crippen molar-refractivity contribution in [3.8, 4) is 0 Å². The maximum Gasteiger partial charge on any atom is 0.0546 e. The minimum atomic E-state index is 0.345. The molecule has 1 fully saturated rings. The second kappa shape index (κ2) is 5.69. The van der Waals surface area contributed by atoms with Gasteiger partial charge in [-0.1, -0.05) is 6.92 Å². The quantitative estimate of drug-likeness (QED) is 0.715. The zero-order chi connectivity index (χ0) is 10.4. The third kappa shape index (κ3) is 3.23. The summed E-state index contributed by atoms with van der Waals surface area (Å²) in [6.45, 7) is 7.39. The maximum absolute atomic E-state index is 5.62. The molecule has 0 bridgehead atoms. The Labute approximate surface area is 87.8 Å². The van der Waals surface area contributed by atoms with Gasteiger partial charge in [0, 0.05) is 25.1 Å². The van der Waals surface area contributed by atoms with Gasteiger partial charge in [0.1, 0.15) is 0 Å². The second-order valence-corrected chi connectivity index (χ2v) is 4.52. The maximum atomic E-state index is 5.62. The molecule has 0 aromatic heterocycles. The fourth-order valence-electron chi connectivity index (χ4n) is 2.29. The molecule has 0 spiro atoms. The third-order valence-corrected chi connectivity index (χ3v) is 3.10. The molecule has 1 atom stereocenters. The lowest BCUT2D eigenvalue weighted by molar-refractivity contribution is -0.0211. The van der Waals surface area contributed by atoms with Crippen LogP contribution in [0.5, 0.6) is 0 Å². The molecule has 3 nitrogen and oxygen atoms in total. The molecular weight excluding hydrogens is 176 g/mol. The SMILES string of the molecule is CCN(C)CC1(CNC)CCCOC1. The standard InChI is InChI=1S/C11H24N2O/c1-4-13(3)9-11(8-12-2)6-5-7-14-10-11/h12H,4-10H2,1-3H3. The van der Waals surface area contributed by atoms with Crippen LogP contribution in [0.3, 0.4) is 0 Å². The summed E-state index contributed by atoms with van der Waals surface area (Å²) < 4.78 is 5.62. The van der Waals surface area contributed by atoms with Crippen molar-refractivity contribution in [1.29, 1.82) is 0 Å². The topological polar surface area (TPSA) is 24.5 Å². The molecule has 0 aliphatic carbocycles. The van der Waals surface area contributed by atoms with Crippen LogP contribution in [0.4, 0.5) is 0 Å². The summed E-state index contributed by atoms with van der Waals surface area (Å²) in [5, 5.41) is 3.30. The molecule has 0 aromatic rings. The molecule has 84 valence electrons. The Kier molecular flexibility index (Phi) is 4.85. The lowest BCUT2D eigenvalue weighted by atomic mass is 9.82. The molecule has 1 aliphatic rings. The molecule has 0 saturated carbocycles. The smallest absolute Gasteiger partial charge is 0.0546 e. The highest BCUT2D eigenvalue weighted by molar-refractivity contribution is 4.86. The Morgan fingerprint density at radius 3 is 2.79 bits per heavy atom. The van der Waals surface area contributed by atoms with Crippen molar-refractivity contribution in [2.24, 2.45) is 5.41 Å². The first-order valence-corrected chi connectivity index (χ1v) is 5.63. The Hall–Kier alpha value is -0.120. The number of ether oxygens (including phenoxy) is 1. The fourth-order valence-corrected chi connectivity index (χ4v) is 2.29. The van der Waals surface area contributed by atoms with Gasteiger partial charge < -0.3 is 15.0 Å². The minimum Gasteiger partial charge on any atom is -0.381 e. The first-order chi connectivity index (χ1) is 6.72. The summed E-state index contributed by atoms with van der Waals surface area (Å²) in [5.41, 5.74) is 0.345. The van der Waals surface area contributed by atoms with E-state index in [1.807, 2.05) is 7.05 Å². The normalized spacial score (nSPS) is 28.3. The van der Waals surface area contributed by atoms with Crippen LogP contribution >= 0.6 is 0 Å². The van der Waals surface area contributed by atoms with Gasteiger partial charge in [-0.3, -0.25) is 0 Å². The van der Waals surface area contributed by atoms with Gasteiger partial charge in [0.05, 0.1) is 6.61 Å². The van der Waals surface area contributed by atoms with E-state index >= 15 is 0 Å². The van der Waals surface area contributed by atoms with E-state index in [0.29, 0.717) is 5.41 Å². The van der Waals surface area contributed by atoms with E-state index < -0.39 is 0 Å². The third-order valence-electron chi connectivity index (χ3n) is 3.10. The van der Waals surface area contributed by atoms with Crippen molar-refractivity contribution in [1.82, 2.24) is 10.2 Å². The van der Waals surface area contributed by atoms with E-state index in [1.54, 1.807) is 0 Å². The fraction of sp³-hybridized carbons (Fsp3) is 1.00. The molecule has 3 heteroatoms. The van der Waals surface area contributed by atoms with Crippen molar-refractivity contribution in [3.05, 3.63) is 0 Å². The summed E-state index contributed by atoms with van der Waals surface area (Å²) in [4.78, 5) is 2.38. The Morgan fingerprint density at radius 2 is 2.29 bits per heavy atom. The highest BCUT2D eigenvalue weighted by Gasteiger charge is 2.32. The summed E-state index contributed by atoms with van der Waals surface area (Å²) in [6, 6.07) is 0. The van der Waals surface area contributed by atoms with Crippen molar-refractivity contribution in [2.75, 3.05) is 46.9 Å². The summed E-state index contributed by atoms with van der Waals surface area (Å²) in [6.07, 6.45) is 2.50. The van der Waals surface area contributed by atoms with Crippen LogP contribution in [0, 0.1) is 5.41 Å². The van der Waals surface area contributed by atoms with Crippen LogP contribution < -0.4 is 5.32 Å². The van der Waals surface area contributed by atoms with E-state index in [2.05, 4.69) is 24.2 Å². The van der Waals surface area contributed by atoms with Gasteiger partial charge >= 0.3 is 0 Å². The van der Waals surface area contributed by atoms with Gasteiger partial charge in [0.2, 0.25) is 0 Å². The number of hydrogen-bond donors (Lipinski definition) is 1. The van der Waals surface area contributed by atoms with Crippen LogP contribution in [0.15, 0.2) is 0 Å². The molecule has 1 aliphatic heterocycles. The van der Waals surface area contributed by atoms with E-state index in [9.17, 15) is 0 Å². The highest BCUT2D eigenvalue weighted by atomic mass is 16.5. The van der Waals surface area contributed by atoms with Crippen molar-refractivity contribution < 1.29 is 4.74 Å². The van der Waals surface area contributed by atoms with Crippen molar-refractivity contribution >= 4 is 0 Å². The number of nitrogens with zero attached hydrogens (tertiary/aromatic N) is 1. The van der Waals surface area contributed by atoms with Gasteiger partial charge in [0.25, 0.3) is 0 Å². The molecule has 1 rings (SSSR count). The average Bonchev–Trinajstić information content (AvgIpc) is 2.19. The van der Waals surface area contributed by atoms with Gasteiger partial charge in [-0.2, -0.15) is 0 Å². The van der Waals surface area contributed by atoms with Crippen LogP contribution in [-0.4, -0.2) is 51.8 Å². The predicted molar refractivity (Wildman–Crippen MR) is 59.6 cm³/mol. The highest BCUT2D eigenvalue weighted by Crippen LogP contribution is 2.28. The molecule has 0 amide bonds. The largest absolute Gasteiger partial charge is 0.381 e. The second-order valence-electron chi connectivity index (χ2n) is 4.52. The predicted octanol–water partition coefficient (Wildman–Crippen LogP) is 0.954. The molecule has 1 unspecified atom stereocenters. The van der Waals surface area contributed by atoms with E-state index in [4.69, 9.17) is 4.74 Å².